The Balaban J connectivity index is 1.20. The Morgan fingerprint density at radius 1 is 0.933 bits per heavy atom. The van der Waals surface area contributed by atoms with Gasteiger partial charge in [-0.3, -0.25) is 27.5 Å². The molecule has 7 rings (SSSR count). The molecule has 10 atom stereocenters. The molecule has 2 bridgehead atoms. The van der Waals surface area contributed by atoms with Crippen LogP contribution < -0.4 is 5.56 Å². The summed E-state index contributed by atoms with van der Waals surface area (Å²) in [6, 6.07) is 3.04. The number of alkyl halides is 1. The molecular formula is C22H21Cl2FN6O10P2S2. The van der Waals surface area contributed by atoms with E-state index in [1.54, 1.807) is 0 Å². The van der Waals surface area contributed by atoms with Crippen molar-refractivity contribution >= 4 is 83.5 Å². The van der Waals surface area contributed by atoms with Crippen molar-refractivity contribution in [2.45, 2.75) is 49.1 Å². The van der Waals surface area contributed by atoms with Gasteiger partial charge in [0.2, 0.25) is 0 Å². The number of benzene rings is 1. The number of ether oxygens (including phenoxy) is 2. The van der Waals surface area contributed by atoms with E-state index in [2.05, 4.69) is 44.4 Å². The van der Waals surface area contributed by atoms with Crippen molar-refractivity contribution in [2.24, 2.45) is 0 Å². The first-order valence-corrected chi connectivity index (χ1v) is 19.1. The molecule has 0 radical (unpaired) electrons. The Bertz CT molecular complexity index is 1950. The number of aliphatic hydroxyl groups excluding tert-OH is 1. The summed E-state index contributed by atoms with van der Waals surface area (Å²) >= 11 is 20.4. The number of nitrogens with zero attached hydrogens (tertiary/aromatic N) is 5. The fourth-order valence-electron chi connectivity index (χ4n) is 5.35. The molecule has 3 aliphatic heterocycles. The van der Waals surface area contributed by atoms with E-state index < -0.39 is 81.5 Å². The third kappa shape index (κ3) is 5.90. The van der Waals surface area contributed by atoms with Gasteiger partial charge in [0.1, 0.15) is 30.5 Å². The van der Waals surface area contributed by atoms with Crippen molar-refractivity contribution in [2.75, 3.05) is 13.2 Å². The minimum Gasteiger partial charge on any atom is -0.387 e. The highest BCUT2D eigenvalue weighted by molar-refractivity contribution is 8.44. The second kappa shape index (κ2) is 11.8. The Morgan fingerprint density at radius 2 is 1.58 bits per heavy atom. The minimum absolute atomic E-state index is 0.000957. The predicted molar refractivity (Wildman–Crippen MR) is 161 cm³/mol. The van der Waals surface area contributed by atoms with Gasteiger partial charge in [0.15, 0.2) is 29.8 Å². The zero-order valence-corrected chi connectivity index (χ0v) is 27.3. The van der Waals surface area contributed by atoms with Gasteiger partial charge in [-0.2, -0.15) is 0 Å². The van der Waals surface area contributed by atoms with E-state index in [9.17, 15) is 19.0 Å². The molecule has 4 aromatic rings. The smallest absolute Gasteiger partial charge is 0.386 e. The van der Waals surface area contributed by atoms with Crippen LogP contribution in [0, 0.1) is 0 Å². The summed E-state index contributed by atoms with van der Waals surface area (Å²) in [5, 5.41) is 11.6. The highest BCUT2D eigenvalue weighted by atomic mass is 35.5. The average molecular weight is 745 g/mol. The van der Waals surface area contributed by atoms with E-state index in [4.69, 9.17) is 50.8 Å². The standard InChI is InChI=1S/C22H21Cl2FN6O10P2S2/c23-8-1-10-11(2-9(8)24)30(6-28-10)22-18-16(32)12(38-22)3-36-42(34,44)40-17-13(4-37-43(35,45)41-18)39-21(14(17)25)31-7-29-15-19(31)26-5-27-20(15)33/h1-2,5-7,12-14,16-18,21-22,32H,3-4H2,(H,34,44)(H,35,45)(H,26,27,33). The van der Waals surface area contributed by atoms with Crippen LogP contribution in [0.25, 0.3) is 22.2 Å². The van der Waals surface area contributed by atoms with Gasteiger partial charge in [-0.25, -0.2) is 28.5 Å². The van der Waals surface area contributed by atoms with Crippen LogP contribution in [0.1, 0.15) is 12.5 Å². The van der Waals surface area contributed by atoms with Crippen molar-refractivity contribution in [3.8, 4) is 0 Å². The highest BCUT2D eigenvalue weighted by Gasteiger charge is 2.53. The number of thiol groups is 2. The molecule has 3 fully saturated rings. The van der Waals surface area contributed by atoms with Crippen molar-refractivity contribution < 1.29 is 46.2 Å². The number of aromatic amines is 1. The number of halogens is 3. The van der Waals surface area contributed by atoms with Gasteiger partial charge in [-0.05, 0) is 12.1 Å². The van der Waals surface area contributed by atoms with E-state index >= 15 is 4.39 Å². The van der Waals surface area contributed by atoms with Crippen molar-refractivity contribution in [1.29, 1.82) is 0 Å². The number of rotatable bonds is 2. The molecule has 23 heteroatoms. The molecule has 10 unspecified atom stereocenters. The lowest BCUT2D eigenvalue weighted by Gasteiger charge is -2.26. The van der Waals surface area contributed by atoms with Crippen molar-refractivity contribution in [3.05, 3.63) is 51.5 Å². The SMILES string of the molecule is O=c1[nH]cnc2c1ncn2C1OC2COP(=O)(S)OC3C(O)C(COP(=O)(S)OC2C1F)OC3n1cnc2cc(Cl)c(Cl)cc21. The molecule has 1 aromatic carbocycles. The van der Waals surface area contributed by atoms with Crippen molar-refractivity contribution in [3.63, 3.8) is 0 Å². The number of fused-ring (bicyclic) bond motifs is 5. The molecular weight excluding hydrogens is 724 g/mol. The lowest BCUT2D eigenvalue weighted by Crippen LogP contribution is -2.35. The number of imidazole rings is 2. The quantitative estimate of drug-likeness (QED) is 0.171. The maximum Gasteiger partial charge on any atom is 0.386 e. The third-order valence-electron chi connectivity index (χ3n) is 7.42. The first kappa shape index (κ1) is 32.0. The van der Waals surface area contributed by atoms with Gasteiger partial charge in [0, 0.05) is 0 Å². The molecule has 0 saturated carbocycles. The normalized spacial score (nSPS) is 37.7. The van der Waals surface area contributed by atoms with Crippen LogP contribution in [0.2, 0.25) is 10.0 Å². The number of H-pyrrole nitrogens is 1. The predicted octanol–water partition coefficient (Wildman–Crippen LogP) is 3.86. The first-order valence-electron chi connectivity index (χ1n) is 13.0. The Labute approximate surface area is 271 Å². The summed E-state index contributed by atoms with van der Waals surface area (Å²) in [6.07, 6.45) is -8.35. The largest absolute Gasteiger partial charge is 0.387 e. The average Bonchev–Trinajstić information content (AvgIpc) is 3.73. The summed E-state index contributed by atoms with van der Waals surface area (Å²) in [5.74, 6) is 0. The maximum atomic E-state index is 16.0. The minimum atomic E-state index is -4.39. The lowest BCUT2D eigenvalue weighted by atomic mass is 10.1. The number of hydrogen-bond acceptors (Lipinski definition) is 13. The molecule has 3 aliphatic rings. The second-order valence-corrected chi connectivity index (χ2v) is 16.8. The summed E-state index contributed by atoms with van der Waals surface area (Å²) in [7, 11) is 0. The zero-order valence-electron chi connectivity index (χ0n) is 22.2. The lowest BCUT2D eigenvalue weighted by molar-refractivity contribution is -0.0567. The third-order valence-corrected chi connectivity index (χ3v) is 11.4. The fourth-order valence-corrected chi connectivity index (χ4v) is 8.61. The molecule has 45 heavy (non-hydrogen) atoms. The van der Waals surface area contributed by atoms with Crippen LogP contribution >= 0.6 is 61.3 Å². The first-order chi connectivity index (χ1) is 21.3. The molecule has 3 saturated heterocycles. The summed E-state index contributed by atoms with van der Waals surface area (Å²) in [5.41, 5.74) is 0.215. The van der Waals surface area contributed by atoms with E-state index in [-0.39, 0.29) is 21.2 Å². The topological polar surface area (TPSA) is 191 Å². The van der Waals surface area contributed by atoms with Gasteiger partial charge in [0.25, 0.3) is 5.56 Å². The molecule has 242 valence electrons. The molecule has 0 aliphatic carbocycles. The second-order valence-electron chi connectivity index (χ2n) is 10.2. The van der Waals surface area contributed by atoms with Gasteiger partial charge in [-0.15, -0.1) is 0 Å². The molecule has 16 nitrogen and oxygen atoms in total. The van der Waals surface area contributed by atoms with Crippen LogP contribution in [0.5, 0.6) is 0 Å². The Morgan fingerprint density at radius 3 is 2.33 bits per heavy atom. The molecule has 3 aromatic heterocycles. The Kier molecular flexibility index (Phi) is 8.42. The van der Waals surface area contributed by atoms with E-state index in [1.807, 2.05) is 0 Å². The van der Waals surface area contributed by atoms with Crippen LogP contribution in [0.15, 0.2) is 35.9 Å². The van der Waals surface area contributed by atoms with Crippen molar-refractivity contribution in [1.82, 2.24) is 29.1 Å². The summed E-state index contributed by atoms with van der Waals surface area (Å²) in [4.78, 5) is 26.8. The Hall–Kier alpha value is -1.57. The van der Waals surface area contributed by atoms with Crippen LogP contribution in [-0.4, -0.2) is 84.1 Å². The number of hydrogen-bond donors (Lipinski definition) is 4. The summed E-state index contributed by atoms with van der Waals surface area (Å²) < 4.78 is 79.4. The monoisotopic (exact) mass is 744 g/mol. The van der Waals surface area contributed by atoms with Gasteiger partial charge >= 0.3 is 13.6 Å². The van der Waals surface area contributed by atoms with Gasteiger partial charge in [0.05, 0.1) is 53.3 Å². The molecule has 2 N–H and O–H groups in total. The number of nitrogens with one attached hydrogen (secondary N) is 1. The molecule has 6 heterocycles. The molecule has 0 spiro atoms. The van der Waals surface area contributed by atoms with Crippen LogP contribution in [0.3, 0.4) is 0 Å². The number of aromatic nitrogens is 6. The van der Waals surface area contributed by atoms with Gasteiger partial charge < -0.3 is 24.1 Å². The van der Waals surface area contributed by atoms with Crippen LogP contribution in [-0.2, 0) is 36.7 Å². The van der Waals surface area contributed by atoms with E-state index in [0.29, 0.717) is 11.0 Å². The van der Waals surface area contributed by atoms with Crippen LogP contribution in [0.4, 0.5) is 4.39 Å². The van der Waals surface area contributed by atoms with Gasteiger partial charge in [-0.1, -0.05) is 47.7 Å². The number of aliphatic hydroxyl groups is 1. The van der Waals surface area contributed by atoms with E-state index in [0.717, 1.165) is 17.2 Å². The highest BCUT2D eigenvalue weighted by Crippen LogP contribution is 2.60. The zero-order chi connectivity index (χ0) is 31.8. The van der Waals surface area contributed by atoms with E-state index in [1.165, 1.54) is 23.0 Å². The molecule has 0 amide bonds. The summed E-state index contributed by atoms with van der Waals surface area (Å²) in [6.45, 7) is -9.99. The fraction of sp³-hybridized carbons (Fsp3) is 0.455. The maximum absolute atomic E-state index is 16.0.